The van der Waals surface area contributed by atoms with Gasteiger partial charge in [0.2, 0.25) is 0 Å². The standard InChI is InChI=1S/C20H29NO4/c1-6-25-19(23)20(8-7-16(12-20)24-5)21-18(22)11-17-14(3)9-13(2)10-15(17)4/h9-10,16H,6-8,11-12H2,1-5H3,(H,21,22)/p-1/t16-,20-/m1/s1. The zero-order valence-corrected chi connectivity index (χ0v) is 15.8. The van der Waals surface area contributed by atoms with Crippen molar-refractivity contribution in [1.29, 1.82) is 0 Å². The number of hydrogen-bond acceptors (Lipinski definition) is 5. The normalized spacial score (nSPS) is 23.7. The molecule has 1 aromatic carbocycles. The average molecular weight is 346 g/mol. The summed E-state index contributed by atoms with van der Waals surface area (Å²) in [6, 6.07) is 4.13. The Bertz CT molecular complexity index is 645. The van der Waals surface area contributed by atoms with Crippen molar-refractivity contribution in [3.63, 3.8) is 0 Å². The Morgan fingerprint density at radius 2 is 1.96 bits per heavy atom. The molecule has 0 aliphatic heterocycles. The largest absolute Gasteiger partial charge is 0.862 e. The van der Waals surface area contributed by atoms with Crippen molar-refractivity contribution in [2.24, 2.45) is 4.99 Å². The fourth-order valence-corrected chi connectivity index (χ4v) is 3.70. The van der Waals surface area contributed by atoms with Gasteiger partial charge in [-0.2, -0.15) is 0 Å². The van der Waals surface area contributed by atoms with E-state index in [9.17, 15) is 9.90 Å². The molecule has 1 fully saturated rings. The molecule has 0 amide bonds. The quantitative estimate of drug-likeness (QED) is 0.450. The van der Waals surface area contributed by atoms with Gasteiger partial charge in [-0.15, -0.1) is 0 Å². The number of esters is 1. The summed E-state index contributed by atoms with van der Waals surface area (Å²) in [6.07, 6.45) is 1.73. The first-order valence-corrected chi connectivity index (χ1v) is 8.83. The first-order valence-electron chi connectivity index (χ1n) is 8.83. The molecule has 25 heavy (non-hydrogen) atoms. The van der Waals surface area contributed by atoms with E-state index in [4.69, 9.17) is 9.47 Å². The number of methoxy groups -OCH3 is 1. The molecular formula is C20H28NO4-. The van der Waals surface area contributed by atoms with Crippen LogP contribution in [0.25, 0.3) is 0 Å². The molecule has 0 N–H and O–H groups in total. The second kappa shape index (κ2) is 8.00. The second-order valence-electron chi connectivity index (χ2n) is 6.91. The molecule has 1 aliphatic rings. The van der Waals surface area contributed by atoms with Crippen LogP contribution in [0.2, 0.25) is 0 Å². The van der Waals surface area contributed by atoms with Gasteiger partial charge >= 0.3 is 5.97 Å². The number of rotatable bonds is 6. The summed E-state index contributed by atoms with van der Waals surface area (Å²) >= 11 is 0. The molecule has 5 heteroatoms. The smallest absolute Gasteiger partial charge is 0.334 e. The minimum absolute atomic E-state index is 0.0659. The predicted molar refractivity (Wildman–Crippen MR) is 95.8 cm³/mol. The average Bonchev–Trinajstić information content (AvgIpc) is 2.95. The van der Waals surface area contributed by atoms with Gasteiger partial charge in [-0.1, -0.05) is 17.7 Å². The summed E-state index contributed by atoms with van der Waals surface area (Å²) in [6.45, 7) is 8.07. The minimum atomic E-state index is -1.10. The molecule has 2 atom stereocenters. The topological polar surface area (TPSA) is 71.0 Å². The van der Waals surface area contributed by atoms with E-state index in [1.165, 1.54) is 5.56 Å². The van der Waals surface area contributed by atoms with Gasteiger partial charge in [0, 0.05) is 20.0 Å². The van der Waals surface area contributed by atoms with E-state index in [-0.39, 0.29) is 25.0 Å². The number of carbonyl (C=O) groups excluding carboxylic acids is 1. The monoisotopic (exact) mass is 346 g/mol. The fraction of sp³-hybridized carbons (Fsp3) is 0.600. The van der Waals surface area contributed by atoms with Gasteiger partial charge < -0.3 is 14.6 Å². The lowest BCUT2D eigenvalue weighted by Gasteiger charge is -2.26. The van der Waals surface area contributed by atoms with E-state index in [0.29, 0.717) is 19.3 Å². The van der Waals surface area contributed by atoms with Crippen molar-refractivity contribution in [3.05, 3.63) is 34.4 Å². The Labute approximate surface area is 150 Å². The van der Waals surface area contributed by atoms with Crippen molar-refractivity contribution in [2.75, 3.05) is 13.7 Å². The van der Waals surface area contributed by atoms with Crippen molar-refractivity contribution in [2.45, 2.75) is 65.0 Å². The van der Waals surface area contributed by atoms with E-state index in [1.54, 1.807) is 14.0 Å². The zero-order valence-electron chi connectivity index (χ0n) is 15.8. The molecule has 5 nitrogen and oxygen atoms in total. The number of benzene rings is 1. The highest BCUT2D eigenvalue weighted by Gasteiger charge is 2.46. The van der Waals surface area contributed by atoms with E-state index in [1.807, 2.05) is 20.8 Å². The molecule has 0 bridgehead atoms. The lowest BCUT2D eigenvalue weighted by Crippen LogP contribution is -2.40. The van der Waals surface area contributed by atoms with E-state index >= 15 is 0 Å². The SMILES string of the molecule is CCOC(=O)[C@@]1(N=C([O-])Cc2c(C)cc(C)cc2C)CC[C@@H](OC)C1. The molecule has 0 unspecified atom stereocenters. The van der Waals surface area contributed by atoms with Crippen LogP contribution in [0.4, 0.5) is 0 Å². The van der Waals surface area contributed by atoms with Gasteiger partial charge in [-0.25, -0.2) is 4.79 Å². The predicted octanol–water partition coefficient (Wildman–Crippen LogP) is 2.41. The molecule has 138 valence electrons. The van der Waals surface area contributed by atoms with Gasteiger partial charge in [-0.3, -0.25) is 4.99 Å². The third kappa shape index (κ3) is 4.40. The van der Waals surface area contributed by atoms with Crippen LogP contribution in [0.15, 0.2) is 17.1 Å². The lowest BCUT2D eigenvalue weighted by molar-refractivity contribution is -0.219. The Kier molecular flexibility index (Phi) is 6.22. The highest BCUT2D eigenvalue weighted by molar-refractivity contribution is 5.86. The van der Waals surface area contributed by atoms with Crippen LogP contribution in [0.3, 0.4) is 0 Å². The summed E-state index contributed by atoms with van der Waals surface area (Å²) in [5.41, 5.74) is 3.21. The third-order valence-corrected chi connectivity index (χ3v) is 4.94. The Morgan fingerprint density at radius 1 is 1.32 bits per heavy atom. The van der Waals surface area contributed by atoms with Crippen LogP contribution < -0.4 is 5.11 Å². The van der Waals surface area contributed by atoms with Crippen molar-refractivity contribution >= 4 is 11.9 Å². The number of carbonyl (C=O) groups is 1. The van der Waals surface area contributed by atoms with Crippen molar-refractivity contribution in [1.82, 2.24) is 0 Å². The molecule has 1 aromatic rings. The van der Waals surface area contributed by atoms with Crippen LogP contribution >= 0.6 is 0 Å². The first-order chi connectivity index (χ1) is 11.8. The van der Waals surface area contributed by atoms with Gasteiger partial charge in [-0.05, 0) is 63.1 Å². The second-order valence-corrected chi connectivity index (χ2v) is 6.91. The molecular weight excluding hydrogens is 318 g/mol. The summed E-state index contributed by atoms with van der Waals surface area (Å²) < 4.78 is 10.6. The van der Waals surface area contributed by atoms with Gasteiger partial charge in [0.05, 0.1) is 12.7 Å². The molecule has 2 rings (SSSR count). The van der Waals surface area contributed by atoms with Crippen LogP contribution in [0.1, 0.15) is 48.4 Å². The number of hydrogen-bond donors (Lipinski definition) is 0. The maximum absolute atomic E-state index is 12.7. The molecule has 0 aromatic heterocycles. The summed E-state index contributed by atoms with van der Waals surface area (Å²) in [7, 11) is 1.62. The van der Waals surface area contributed by atoms with Crippen LogP contribution in [-0.2, 0) is 20.7 Å². The van der Waals surface area contributed by atoms with Crippen molar-refractivity contribution in [3.8, 4) is 0 Å². The lowest BCUT2D eigenvalue weighted by atomic mass is 9.96. The van der Waals surface area contributed by atoms with Gasteiger partial charge in [0.25, 0.3) is 0 Å². The Morgan fingerprint density at radius 3 is 2.48 bits per heavy atom. The first kappa shape index (κ1) is 19.4. The summed E-state index contributed by atoms with van der Waals surface area (Å²) in [5, 5.41) is 12.7. The fourth-order valence-electron chi connectivity index (χ4n) is 3.70. The van der Waals surface area contributed by atoms with Crippen molar-refractivity contribution < 1.29 is 19.4 Å². The van der Waals surface area contributed by atoms with Gasteiger partial charge in [0.1, 0.15) is 0 Å². The third-order valence-electron chi connectivity index (χ3n) is 4.94. The van der Waals surface area contributed by atoms with Crippen LogP contribution in [0.5, 0.6) is 0 Å². The van der Waals surface area contributed by atoms with E-state index in [2.05, 4.69) is 17.1 Å². The highest BCUT2D eigenvalue weighted by Crippen LogP contribution is 2.36. The number of ether oxygens (including phenoxy) is 2. The summed E-state index contributed by atoms with van der Waals surface area (Å²) in [5.74, 6) is -0.694. The maximum atomic E-state index is 12.7. The van der Waals surface area contributed by atoms with E-state index in [0.717, 1.165) is 16.7 Å². The molecule has 0 saturated heterocycles. The summed E-state index contributed by atoms with van der Waals surface area (Å²) in [4.78, 5) is 16.8. The van der Waals surface area contributed by atoms with Crippen LogP contribution in [0, 0.1) is 20.8 Å². The van der Waals surface area contributed by atoms with E-state index < -0.39 is 11.5 Å². The highest BCUT2D eigenvalue weighted by atomic mass is 16.5. The van der Waals surface area contributed by atoms with Crippen LogP contribution in [-0.4, -0.2) is 37.2 Å². The maximum Gasteiger partial charge on any atom is 0.334 e. The number of nitrogens with zero attached hydrogens (tertiary/aromatic N) is 1. The number of aliphatic imine (C=N–C) groups is 1. The van der Waals surface area contributed by atoms with Gasteiger partial charge in [0.15, 0.2) is 5.54 Å². The Hall–Kier alpha value is -1.88. The zero-order chi connectivity index (χ0) is 18.6. The Balaban J connectivity index is 2.29. The minimum Gasteiger partial charge on any atom is -0.862 e. The molecule has 0 heterocycles. The molecule has 1 saturated carbocycles. The molecule has 0 radical (unpaired) electrons. The molecule has 0 spiro atoms. The number of aryl methyl sites for hydroxylation is 3. The molecule has 1 aliphatic carbocycles.